The summed E-state index contributed by atoms with van der Waals surface area (Å²) < 4.78 is 0. The summed E-state index contributed by atoms with van der Waals surface area (Å²) in [5, 5.41) is 11.4. The van der Waals surface area contributed by atoms with Crippen LogP contribution in [0.15, 0.2) is 48.5 Å². The number of benzene rings is 2. The Kier molecular flexibility index (Phi) is 6.68. The molecule has 0 aromatic heterocycles. The Morgan fingerprint density at radius 2 is 1.84 bits per heavy atom. The summed E-state index contributed by atoms with van der Waals surface area (Å²) in [4.78, 5) is 25.0. The molecule has 2 rings (SSSR count). The Hall–Kier alpha value is -2.70. The minimum Gasteiger partial charge on any atom is -0.395 e. The lowest BCUT2D eigenvalue weighted by Crippen LogP contribution is -2.32. The van der Waals surface area contributed by atoms with Crippen LogP contribution in [0.2, 0.25) is 0 Å². The minimum atomic E-state index is -0.212. The molecule has 4 N–H and O–H groups in total. The van der Waals surface area contributed by atoms with E-state index in [4.69, 9.17) is 10.8 Å². The lowest BCUT2D eigenvalue weighted by molar-refractivity contribution is -0.128. The molecule has 0 radical (unpaired) electrons. The summed E-state index contributed by atoms with van der Waals surface area (Å²) in [5.41, 5.74) is 8.92. The quantitative estimate of drug-likeness (QED) is 0.700. The first-order valence-electron chi connectivity index (χ1n) is 8.07. The number of carbonyl (C=O) groups is 2. The molecule has 0 saturated carbocycles. The maximum Gasteiger partial charge on any atom is 0.251 e. The smallest absolute Gasteiger partial charge is 0.251 e. The van der Waals surface area contributed by atoms with Crippen molar-refractivity contribution in [3.63, 3.8) is 0 Å². The van der Waals surface area contributed by atoms with E-state index in [9.17, 15) is 9.59 Å². The molecule has 6 heteroatoms. The third-order valence-electron chi connectivity index (χ3n) is 3.82. The third kappa shape index (κ3) is 5.14. The van der Waals surface area contributed by atoms with E-state index in [1.165, 1.54) is 0 Å². The minimum absolute atomic E-state index is 0.00397. The molecular weight excluding hydrogens is 318 g/mol. The fraction of sp³-hybridized carbons (Fsp3) is 0.263. The highest BCUT2D eigenvalue weighted by atomic mass is 16.3. The Balaban J connectivity index is 2.12. The first-order valence-corrected chi connectivity index (χ1v) is 8.07. The molecule has 0 aliphatic carbocycles. The van der Waals surface area contributed by atoms with Gasteiger partial charge in [0.25, 0.3) is 5.91 Å². The van der Waals surface area contributed by atoms with Crippen LogP contribution in [0.5, 0.6) is 0 Å². The second-order valence-corrected chi connectivity index (χ2v) is 5.71. The van der Waals surface area contributed by atoms with E-state index in [1.54, 1.807) is 24.1 Å². The predicted molar refractivity (Wildman–Crippen MR) is 96.8 cm³/mol. The summed E-state index contributed by atoms with van der Waals surface area (Å²) in [7, 11) is 1.72. The highest BCUT2D eigenvalue weighted by molar-refractivity contribution is 5.94. The molecule has 0 atom stereocenters. The molecule has 25 heavy (non-hydrogen) atoms. The molecule has 0 aliphatic heterocycles. The Morgan fingerprint density at radius 1 is 1.12 bits per heavy atom. The molecule has 6 nitrogen and oxygen atoms in total. The van der Waals surface area contributed by atoms with Crippen molar-refractivity contribution in [2.75, 3.05) is 26.7 Å². The average Bonchev–Trinajstić information content (AvgIpc) is 2.65. The fourth-order valence-corrected chi connectivity index (χ4v) is 2.45. The van der Waals surface area contributed by atoms with Crippen LogP contribution >= 0.6 is 0 Å². The first kappa shape index (κ1) is 18.6. The third-order valence-corrected chi connectivity index (χ3v) is 3.82. The number of rotatable bonds is 7. The Labute approximate surface area is 147 Å². The van der Waals surface area contributed by atoms with Gasteiger partial charge in [0.1, 0.15) is 0 Å². The van der Waals surface area contributed by atoms with Gasteiger partial charge in [-0.3, -0.25) is 9.59 Å². The molecular formula is C19H23N3O3. The molecule has 0 unspecified atom stereocenters. The number of hydrogen-bond acceptors (Lipinski definition) is 4. The molecule has 0 spiro atoms. The highest BCUT2D eigenvalue weighted by Crippen LogP contribution is 2.21. The van der Waals surface area contributed by atoms with Crippen molar-refractivity contribution in [3.05, 3.63) is 59.7 Å². The maximum absolute atomic E-state index is 11.8. The van der Waals surface area contributed by atoms with E-state index in [1.807, 2.05) is 36.4 Å². The summed E-state index contributed by atoms with van der Waals surface area (Å²) in [6.07, 6.45) is 0. The van der Waals surface area contributed by atoms with Gasteiger partial charge in [0.2, 0.25) is 5.91 Å². The lowest BCUT2D eigenvalue weighted by Gasteiger charge is -2.16. The molecule has 2 aromatic rings. The number of aliphatic hydroxyl groups excluding tert-OH is 1. The number of carbonyl (C=O) groups excluding carboxylic acids is 2. The Bertz CT molecular complexity index is 729. The summed E-state index contributed by atoms with van der Waals surface area (Å²) in [5.74, 6) is -0.320. The number of aliphatic hydroxyl groups is 1. The van der Waals surface area contributed by atoms with Crippen LogP contribution in [0.25, 0.3) is 11.1 Å². The first-order chi connectivity index (χ1) is 12.0. The summed E-state index contributed by atoms with van der Waals surface area (Å²) >= 11 is 0. The zero-order chi connectivity index (χ0) is 18.2. The molecule has 132 valence electrons. The zero-order valence-corrected chi connectivity index (χ0v) is 14.2. The standard InChI is InChI=1S/C19H23N3O3/c1-22(18(24)12-20)13-14-3-2-4-17(11-14)15-5-7-16(8-6-15)19(25)21-9-10-23/h2-8,11,23H,9-10,12-13,20H2,1H3,(H,21,25). The molecule has 2 aromatic carbocycles. The number of hydrogen-bond donors (Lipinski definition) is 3. The van der Waals surface area contributed by atoms with Gasteiger partial charge < -0.3 is 21.1 Å². The predicted octanol–water partition coefficient (Wildman–Crippen LogP) is 0.993. The molecule has 0 fully saturated rings. The number of amides is 2. The van der Waals surface area contributed by atoms with E-state index in [0.717, 1.165) is 16.7 Å². The maximum atomic E-state index is 11.8. The highest BCUT2D eigenvalue weighted by Gasteiger charge is 2.08. The molecule has 2 amide bonds. The van der Waals surface area contributed by atoms with Gasteiger partial charge in [0.05, 0.1) is 13.2 Å². The summed E-state index contributed by atoms with van der Waals surface area (Å²) in [6, 6.07) is 15.1. The van der Waals surface area contributed by atoms with Crippen molar-refractivity contribution in [2.45, 2.75) is 6.54 Å². The average molecular weight is 341 g/mol. The normalized spacial score (nSPS) is 10.4. The van der Waals surface area contributed by atoms with Crippen LogP contribution in [0, 0.1) is 0 Å². The van der Waals surface area contributed by atoms with Crippen molar-refractivity contribution in [2.24, 2.45) is 5.73 Å². The van der Waals surface area contributed by atoms with E-state index >= 15 is 0 Å². The monoisotopic (exact) mass is 341 g/mol. The van der Waals surface area contributed by atoms with E-state index < -0.39 is 0 Å². The summed E-state index contributed by atoms with van der Waals surface area (Å²) in [6.45, 7) is 0.636. The van der Waals surface area contributed by atoms with Crippen molar-refractivity contribution in [1.29, 1.82) is 0 Å². The number of nitrogens with zero attached hydrogens (tertiary/aromatic N) is 1. The van der Waals surface area contributed by atoms with E-state index in [2.05, 4.69) is 5.32 Å². The van der Waals surface area contributed by atoms with Crippen LogP contribution in [0.4, 0.5) is 0 Å². The second kappa shape index (κ2) is 8.96. The topological polar surface area (TPSA) is 95.7 Å². The van der Waals surface area contributed by atoms with Gasteiger partial charge in [-0.25, -0.2) is 0 Å². The van der Waals surface area contributed by atoms with E-state index in [-0.39, 0.29) is 31.5 Å². The fourth-order valence-electron chi connectivity index (χ4n) is 2.45. The SMILES string of the molecule is CN(Cc1cccc(-c2ccc(C(=O)NCCO)cc2)c1)C(=O)CN. The molecule has 0 heterocycles. The van der Waals surface area contributed by atoms with Gasteiger partial charge in [0, 0.05) is 25.7 Å². The van der Waals surface area contributed by atoms with Crippen LogP contribution in [-0.4, -0.2) is 48.6 Å². The van der Waals surface area contributed by atoms with Gasteiger partial charge >= 0.3 is 0 Å². The van der Waals surface area contributed by atoms with Gasteiger partial charge in [-0.05, 0) is 34.9 Å². The lowest BCUT2D eigenvalue weighted by atomic mass is 10.0. The molecule has 0 saturated heterocycles. The van der Waals surface area contributed by atoms with Crippen molar-refractivity contribution >= 4 is 11.8 Å². The van der Waals surface area contributed by atoms with Crippen LogP contribution < -0.4 is 11.1 Å². The second-order valence-electron chi connectivity index (χ2n) is 5.71. The van der Waals surface area contributed by atoms with Gasteiger partial charge in [-0.2, -0.15) is 0 Å². The van der Waals surface area contributed by atoms with Crippen LogP contribution in [-0.2, 0) is 11.3 Å². The Morgan fingerprint density at radius 3 is 2.48 bits per heavy atom. The number of likely N-dealkylation sites (N-methyl/N-ethyl adjacent to an activating group) is 1. The molecule has 0 bridgehead atoms. The van der Waals surface area contributed by atoms with Crippen molar-refractivity contribution in [3.8, 4) is 11.1 Å². The number of nitrogens with two attached hydrogens (primary N) is 1. The van der Waals surface area contributed by atoms with E-state index in [0.29, 0.717) is 12.1 Å². The van der Waals surface area contributed by atoms with Gasteiger partial charge in [0.15, 0.2) is 0 Å². The largest absolute Gasteiger partial charge is 0.395 e. The van der Waals surface area contributed by atoms with Crippen LogP contribution in [0.1, 0.15) is 15.9 Å². The molecule has 0 aliphatic rings. The van der Waals surface area contributed by atoms with Crippen LogP contribution in [0.3, 0.4) is 0 Å². The van der Waals surface area contributed by atoms with Crippen molar-refractivity contribution < 1.29 is 14.7 Å². The number of nitrogens with one attached hydrogen (secondary N) is 1. The van der Waals surface area contributed by atoms with Gasteiger partial charge in [-0.15, -0.1) is 0 Å². The van der Waals surface area contributed by atoms with Gasteiger partial charge in [-0.1, -0.05) is 30.3 Å². The van der Waals surface area contributed by atoms with Crippen molar-refractivity contribution in [1.82, 2.24) is 10.2 Å². The zero-order valence-electron chi connectivity index (χ0n) is 14.2.